The molecule has 1 unspecified atom stereocenters. The van der Waals surface area contributed by atoms with Crippen molar-refractivity contribution in [1.29, 1.82) is 0 Å². The van der Waals surface area contributed by atoms with Crippen molar-refractivity contribution >= 4 is 23.0 Å². The Morgan fingerprint density at radius 3 is 2.81 bits per heavy atom. The molecule has 3 rings (SSSR count). The van der Waals surface area contributed by atoms with E-state index in [1.807, 2.05) is 29.5 Å². The van der Waals surface area contributed by atoms with E-state index in [9.17, 15) is 0 Å². The van der Waals surface area contributed by atoms with E-state index in [4.69, 9.17) is 9.47 Å². The van der Waals surface area contributed by atoms with Crippen LogP contribution >= 0.6 is 11.3 Å². The Hall–Kier alpha value is -2.25. The van der Waals surface area contributed by atoms with E-state index in [-0.39, 0.29) is 0 Å². The number of rotatable bonds is 6. The van der Waals surface area contributed by atoms with Crippen molar-refractivity contribution in [1.82, 2.24) is 10.2 Å². The Labute approximate surface area is 165 Å². The van der Waals surface area contributed by atoms with Gasteiger partial charge in [0.1, 0.15) is 0 Å². The highest BCUT2D eigenvalue weighted by molar-refractivity contribution is 7.10. The van der Waals surface area contributed by atoms with Gasteiger partial charge in [0.05, 0.1) is 14.2 Å². The van der Waals surface area contributed by atoms with Crippen LogP contribution in [0.1, 0.15) is 17.4 Å². The predicted octanol–water partition coefficient (Wildman–Crippen LogP) is 3.20. The Balaban J connectivity index is 1.55. The lowest BCUT2D eigenvalue weighted by Crippen LogP contribution is -2.45. The molecule has 1 aliphatic heterocycles. The van der Waals surface area contributed by atoms with Crippen LogP contribution in [-0.4, -0.2) is 51.3 Å². The summed E-state index contributed by atoms with van der Waals surface area (Å²) in [4.78, 5) is 8.39. The van der Waals surface area contributed by atoms with E-state index in [0.29, 0.717) is 17.5 Å². The zero-order valence-corrected chi connectivity index (χ0v) is 17.2. The number of hydrogen-bond donors (Lipinski definition) is 2. The Morgan fingerprint density at radius 2 is 2.07 bits per heavy atom. The molecule has 1 aromatic heterocycles. The van der Waals surface area contributed by atoms with Gasteiger partial charge in [0.25, 0.3) is 0 Å². The molecule has 27 heavy (non-hydrogen) atoms. The molecule has 7 heteroatoms. The third-order valence-corrected chi connectivity index (χ3v) is 5.92. The van der Waals surface area contributed by atoms with E-state index >= 15 is 0 Å². The van der Waals surface area contributed by atoms with Gasteiger partial charge in [0, 0.05) is 49.4 Å². The third kappa shape index (κ3) is 4.73. The van der Waals surface area contributed by atoms with Gasteiger partial charge >= 0.3 is 0 Å². The summed E-state index contributed by atoms with van der Waals surface area (Å²) in [6.07, 6.45) is 1.15. The van der Waals surface area contributed by atoms with Crippen LogP contribution in [0.25, 0.3) is 0 Å². The lowest BCUT2D eigenvalue weighted by molar-refractivity contribution is 0.193. The number of methoxy groups -OCH3 is 2. The number of benzene rings is 1. The second-order valence-electron chi connectivity index (χ2n) is 6.59. The summed E-state index contributed by atoms with van der Waals surface area (Å²) in [5.41, 5.74) is 2.38. The van der Waals surface area contributed by atoms with Gasteiger partial charge in [-0.05, 0) is 42.5 Å². The molecule has 146 valence electrons. The van der Waals surface area contributed by atoms with Gasteiger partial charge in [0.15, 0.2) is 17.5 Å². The lowest BCUT2D eigenvalue weighted by atomic mass is 10.1. The SMILES string of the molecule is CN=C(NCC(C)N1CCc2sccc2C1)Nc1ccc(OC)c(OC)c1. The second-order valence-corrected chi connectivity index (χ2v) is 7.59. The fourth-order valence-corrected chi connectivity index (χ4v) is 4.14. The van der Waals surface area contributed by atoms with Gasteiger partial charge in [-0.25, -0.2) is 0 Å². The Morgan fingerprint density at radius 1 is 1.26 bits per heavy atom. The minimum atomic E-state index is 0.419. The van der Waals surface area contributed by atoms with E-state index in [1.54, 1.807) is 21.3 Å². The van der Waals surface area contributed by atoms with Crippen LogP contribution in [0.15, 0.2) is 34.6 Å². The lowest BCUT2D eigenvalue weighted by Gasteiger charge is -2.32. The molecule has 2 N–H and O–H groups in total. The highest BCUT2D eigenvalue weighted by atomic mass is 32.1. The first-order chi connectivity index (χ1) is 13.1. The van der Waals surface area contributed by atoms with Crippen LogP contribution in [-0.2, 0) is 13.0 Å². The zero-order chi connectivity index (χ0) is 19.2. The number of guanidine groups is 1. The average Bonchev–Trinajstić information content (AvgIpc) is 3.18. The maximum absolute atomic E-state index is 5.36. The fourth-order valence-electron chi connectivity index (χ4n) is 3.25. The van der Waals surface area contributed by atoms with Gasteiger partial charge in [0.2, 0.25) is 0 Å². The topological polar surface area (TPSA) is 58.1 Å². The first-order valence-corrected chi connectivity index (χ1v) is 10.0. The van der Waals surface area contributed by atoms with E-state index in [2.05, 4.69) is 38.9 Å². The minimum absolute atomic E-state index is 0.419. The molecule has 1 aromatic carbocycles. The molecule has 0 fully saturated rings. The molecule has 2 aromatic rings. The minimum Gasteiger partial charge on any atom is -0.493 e. The maximum Gasteiger partial charge on any atom is 0.195 e. The number of anilines is 1. The summed E-state index contributed by atoms with van der Waals surface area (Å²) in [6, 6.07) is 8.40. The van der Waals surface area contributed by atoms with Crippen molar-refractivity contribution in [3.63, 3.8) is 0 Å². The van der Waals surface area contributed by atoms with Crippen LogP contribution in [0.4, 0.5) is 5.69 Å². The summed E-state index contributed by atoms with van der Waals surface area (Å²) < 4.78 is 10.6. The van der Waals surface area contributed by atoms with Crippen molar-refractivity contribution in [3.8, 4) is 11.5 Å². The van der Waals surface area contributed by atoms with E-state index < -0.39 is 0 Å². The smallest absolute Gasteiger partial charge is 0.195 e. The van der Waals surface area contributed by atoms with Gasteiger partial charge in [-0.15, -0.1) is 11.3 Å². The number of nitrogens with zero attached hydrogens (tertiary/aromatic N) is 2. The fraction of sp³-hybridized carbons (Fsp3) is 0.450. The first-order valence-electron chi connectivity index (χ1n) is 9.13. The molecule has 0 aliphatic carbocycles. The van der Waals surface area contributed by atoms with Gasteiger partial charge in [-0.1, -0.05) is 0 Å². The summed E-state index contributed by atoms with van der Waals surface area (Å²) in [5, 5.41) is 8.94. The number of aliphatic imine (C=N–C) groups is 1. The summed E-state index contributed by atoms with van der Waals surface area (Å²) >= 11 is 1.88. The molecular weight excluding hydrogens is 360 g/mol. The highest BCUT2D eigenvalue weighted by Gasteiger charge is 2.21. The van der Waals surface area contributed by atoms with Crippen molar-refractivity contribution in [2.24, 2.45) is 4.99 Å². The van der Waals surface area contributed by atoms with Crippen LogP contribution in [0.3, 0.4) is 0 Å². The molecule has 6 nitrogen and oxygen atoms in total. The molecule has 1 aliphatic rings. The second kappa shape index (κ2) is 9.10. The zero-order valence-electron chi connectivity index (χ0n) is 16.4. The number of hydrogen-bond acceptors (Lipinski definition) is 5. The van der Waals surface area contributed by atoms with E-state index in [0.717, 1.165) is 37.7 Å². The van der Waals surface area contributed by atoms with E-state index in [1.165, 1.54) is 10.4 Å². The molecule has 0 bridgehead atoms. The maximum atomic E-state index is 5.36. The highest BCUT2D eigenvalue weighted by Crippen LogP contribution is 2.29. The summed E-state index contributed by atoms with van der Waals surface area (Å²) in [5.74, 6) is 2.13. The summed E-state index contributed by atoms with van der Waals surface area (Å²) in [7, 11) is 5.04. The molecule has 0 spiro atoms. The van der Waals surface area contributed by atoms with Crippen LogP contribution in [0, 0.1) is 0 Å². The predicted molar refractivity (Wildman–Crippen MR) is 112 cm³/mol. The number of nitrogens with one attached hydrogen (secondary N) is 2. The largest absolute Gasteiger partial charge is 0.493 e. The first kappa shape index (κ1) is 19.5. The molecule has 0 saturated heterocycles. The molecular formula is C20H28N4O2S. The number of ether oxygens (including phenoxy) is 2. The molecule has 2 heterocycles. The quantitative estimate of drug-likeness (QED) is 0.588. The van der Waals surface area contributed by atoms with Crippen LogP contribution < -0.4 is 20.1 Å². The monoisotopic (exact) mass is 388 g/mol. The normalized spacial score (nSPS) is 15.8. The third-order valence-electron chi connectivity index (χ3n) is 4.90. The standard InChI is InChI=1S/C20H28N4O2S/c1-14(24-9-7-19-15(13-24)8-10-27-19)12-22-20(21-2)23-16-5-6-17(25-3)18(11-16)26-4/h5-6,8,10-11,14H,7,9,12-13H2,1-4H3,(H2,21,22,23). The van der Waals surface area contributed by atoms with Gasteiger partial charge < -0.3 is 20.1 Å². The van der Waals surface area contributed by atoms with Crippen LogP contribution in [0.2, 0.25) is 0 Å². The number of fused-ring (bicyclic) bond motifs is 1. The van der Waals surface area contributed by atoms with Crippen molar-refractivity contribution in [3.05, 3.63) is 40.1 Å². The molecule has 0 saturated carbocycles. The molecule has 0 radical (unpaired) electrons. The number of thiophene rings is 1. The van der Waals surface area contributed by atoms with Gasteiger partial charge in [-0.2, -0.15) is 0 Å². The summed E-state index contributed by atoms with van der Waals surface area (Å²) in [6.45, 7) is 5.22. The van der Waals surface area contributed by atoms with Crippen LogP contribution in [0.5, 0.6) is 11.5 Å². The van der Waals surface area contributed by atoms with Gasteiger partial charge in [-0.3, -0.25) is 9.89 Å². The average molecular weight is 389 g/mol. The van der Waals surface area contributed by atoms with Crippen molar-refractivity contribution < 1.29 is 9.47 Å². The van der Waals surface area contributed by atoms with Crippen molar-refractivity contribution in [2.45, 2.75) is 25.9 Å². The van der Waals surface area contributed by atoms with Crippen molar-refractivity contribution in [2.75, 3.05) is 39.7 Å². The Bertz CT molecular complexity index is 790. The Kier molecular flexibility index (Phi) is 6.58. The molecule has 0 amide bonds. The molecule has 1 atom stereocenters.